The summed E-state index contributed by atoms with van der Waals surface area (Å²) >= 11 is 7.86. The first-order valence-electron chi connectivity index (χ1n) is 8.25. The summed E-state index contributed by atoms with van der Waals surface area (Å²) in [6, 6.07) is 14.1. The largest absolute Gasteiger partial charge is 0.490 e. The smallest absolute Gasteiger partial charge is 0.263 e. The van der Waals surface area contributed by atoms with Gasteiger partial charge in [0.2, 0.25) is 0 Å². The summed E-state index contributed by atoms with van der Waals surface area (Å²) in [7, 11) is 0. The standard InChI is InChI=1S/C20H15NO3S3/c22-7-8-24-18-15-4-2-1-3-12(15)5-6-16(18)13-9-14(26-11-13)10-17-19(23)21-20(25)27-17/h1-6,9-11,22H,7-8H2,(H,21,23,25). The molecule has 0 saturated carbocycles. The molecule has 1 amide bonds. The van der Waals surface area contributed by atoms with Crippen molar-refractivity contribution in [3.05, 3.63) is 57.6 Å². The monoisotopic (exact) mass is 413 g/mol. The van der Waals surface area contributed by atoms with Gasteiger partial charge in [-0.05, 0) is 34.5 Å². The fourth-order valence-electron chi connectivity index (χ4n) is 2.89. The topological polar surface area (TPSA) is 58.6 Å². The van der Waals surface area contributed by atoms with Crippen molar-refractivity contribution in [2.75, 3.05) is 13.2 Å². The van der Waals surface area contributed by atoms with Crippen LogP contribution in [0.1, 0.15) is 4.88 Å². The Morgan fingerprint density at radius 2 is 2.07 bits per heavy atom. The number of hydrogen-bond acceptors (Lipinski definition) is 6. The van der Waals surface area contributed by atoms with Crippen molar-refractivity contribution in [3.8, 4) is 16.9 Å². The van der Waals surface area contributed by atoms with Gasteiger partial charge in [-0.2, -0.15) is 0 Å². The maximum absolute atomic E-state index is 11.9. The number of ether oxygens (including phenoxy) is 1. The van der Waals surface area contributed by atoms with Gasteiger partial charge in [0, 0.05) is 15.8 Å². The van der Waals surface area contributed by atoms with Gasteiger partial charge in [0.25, 0.3) is 5.91 Å². The Bertz CT molecular complexity index is 1070. The number of benzene rings is 2. The fourth-order valence-corrected chi connectivity index (χ4v) is 4.84. The Morgan fingerprint density at radius 1 is 1.22 bits per heavy atom. The molecule has 4 rings (SSSR count). The number of nitrogens with one attached hydrogen (secondary N) is 1. The lowest BCUT2D eigenvalue weighted by Crippen LogP contribution is -2.17. The van der Waals surface area contributed by atoms with Crippen LogP contribution in [0, 0.1) is 0 Å². The van der Waals surface area contributed by atoms with Crippen molar-refractivity contribution in [2.24, 2.45) is 0 Å². The summed E-state index contributed by atoms with van der Waals surface area (Å²) in [6.45, 7) is 0.187. The number of thioether (sulfide) groups is 1. The molecule has 7 heteroatoms. The van der Waals surface area contributed by atoms with E-state index < -0.39 is 0 Å². The van der Waals surface area contributed by atoms with Crippen LogP contribution in [0.4, 0.5) is 0 Å². The van der Waals surface area contributed by atoms with Crippen molar-refractivity contribution < 1.29 is 14.6 Å². The highest BCUT2D eigenvalue weighted by Gasteiger charge is 2.22. The molecule has 0 unspecified atom stereocenters. The van der Waals surface area contributed by atoms with Crippen LogP contribution in [0.3, 0.4) is 0 Å². The average molecular weight is 414 g/mol. The highest BCUT2D eigenvalue weighted by molar-refractivity contribution is 8.26. The molecule has 2 aromatic carbocycles. The second kappa shape index (κ2) is 7.82. The molecule has 2 heterocycles. The predicted octanol–water partition coefficient (Wildman–Crippen LogP) is 4.43. The Labute approximate surface area is 169 Å². The summed E-state index contributed by atoms with van der Waals surface area (Å²) in [5.74, 6) is 0.603. The molecule has 136 valence electrons. The van der Waals surface area contributed by atoms with Crippen LogP contribution in [0.25, 0.3) is 28.0 Å². The van der Waals surface area contributed by atoms with Crippen molar-refractivity contribution >= 4 is 62.4 Å². The van der Waals surface area contributed by atoms with Crippen molar-refractivity contribution in [2.45, 2.75) is 0 Å². The molecule has 0 radical (unpaired) electrons. The van der Waals surface area contributed by atoms with E-state index in [0.29, 0.717) is 9.23 Å². The lowest BCUT2D eigenvalue weighted by Gasteiger charge is -2.13. The van der Waals surface area contributed by atoms with Gasteiger partial charge in [-0.1, -0.05) is 54.3 Å². The zero-order chi connectivity index (χ0) is 18.8. The maximum atomic E-state index is 11.9. The first kappa shape index (κ1) is 18.2. The van der Waals surface area contributed by atoms with Crippen LogP contribution >= 0.6 is 35.3 Å². The Morgan fingerprint density at radius 3 is 2.85 bits per heavy atom. The third-order valence-electron chi connectivity index (χ3n) is 4.06. The number of amides is 1. The van der Waals surface area contributed by atoms with Gasteiger partial charge in [0.05, 0.1) is 11.5 Å². The Balaban J connectivity index is 1.74. The van der Waals surface area contributed by atoms with Crippen LogP contribution < -0.4 is 10.1 Å². The number of hydrogen-bond donors (Lipinski definition) is 2. The number of carbonyl (C=O) groups excluding carboxylic acids is 1. The van der Waals surface area contributed by atoms with Crippen LogP contribution in [0.2, 0.25) is 0 Å². The van der Waals surface area contributed by atoms with Gasteiger partial charge in [-0.3, -0.25) is 4.79 Å². The van der Waals surface area contributed by atoms with E-state index >= 15 is 0 Å². The molecule has 0 aliphatic carbocycles. The molecule has 0 bridgehead atoms. The van der Waals surface area contributed by atoms with E-state index in [4.69, 9.17) is 17.0 Å². The van der Waals surface area contributed by atoms with Crippen LogP contribution in [-0.4, -0.2) is 28.5 Å². The summed E-state index contributed by atoms with van der Waals surface area (Å²) in [5, 5.41) is 15.9. The normalized spacial score (nSPS) is 15.5. The zero-order valence-corrected chi connectivity index (χ0v) is 16.5. The predicted molar refractivity (Wildman–Crippen MR) is 116 cm³/mol. The third kappa shape index (κ3) is 3.77. The molecular weight excluding hydrogens is 398 g/mol. The van der Waals surface area contributed by atoms with Gasteiger partial charge in [0.1, 0.15) is 16.7 Å². The lowest BCUT2D eigenvalue weighted by molar-refractivity contribution is -0.115. The summed E-state index contributed by atoms with van der Waals surface area (Å²) < 4.78 is 6.37. The summed E-state index contributed by atoms with van der Waals surface area (Å²) in [5.41, 5.74) is 1.97. The molecule has 2 N–H and O–H groups in total. The van der Waals surface area contributed by atoms with E-state index in [1.165, 1.54) is 11.8 Å². The first-order chi connectivity index (χ1) is 13.2. The molecule has 3 aromatic rings. The summed E-state index contributed by atoms with van der Waals surface area (Å²) in [4.78, 5) is 13.4. The third-order valence-corrected chi connectivity index (χ3v) is 6.11. The maximum Gasteiger partial charge on any atom is 0.263 e. The van der Waals surface area contributed by atoms with Crippen LogP contribution in [0.5, 0.6) is 5.75 Å². The molecule has 1 aliphatic heterocycles. The van der Waals surface area contributed by atoms with Gasteiger partial charge < -0.3 is 15.2 Å². The minimum atomic E-state index is -0.155. The summed E-state index contributed by atoms with van der Waals surface area (Å²) in [6.07, 6.45) is 1.85. The quantitative estimate of drug-likeness (QED) is 0.479. The lowest BCUT2D eigenvalue weighted by atomic mass is 10.0. The molecule has 1 saturated heterocycles. The molecule has 27 heavy (non-hydrogen) atoms. The van der Waals surface area contributed by atoms with E-state index in [9.17, 15) is 9.90 Å². The van der Waals surface area contributed by atoms with E-state index in [1.807, 2.05) is 47.9 Å². The van der Waals surface area contributed by atoms with Crippen LogP contribution in [0.15, 0.2) is 52.7 Å². The number of thiophene rings is 1. The number of thiocarbonyl (C=S) groups is 1. The second-order valence-electron chi connectivity index (χ2n) is 5.83. The van der Waals surface area contributed by atoms with Gasteiger partial charge in [-0.15, -0.1) is 11.3 Å². The highest BCUT2D eigenvalue weighted by atomic mass is 32.2. The van der Waals surface area contributed by atoms with E-state index in [1.54, 1.807) is 11.3 Å². The minimum absolute atomic E-state index is 0.0457. The Kier molecular flexibility index (Phi) is 5.27. The molecule has 1 fully saturated rings. The number of carbonyl (C=O) groups is 1. The van der Waals surface area contributed by atoms with Crippen molar-refractivity contribution in [3.63, 3.8) is 0 Å². The molecular formula is C20H15NO3S3. The molecule has 4 nitrogen and oxygen atoms in total. The first-order valence-corrected chi connectivity index (χ1v) is 10.4. The number of rotatable bonds is 5. The molecule has 0 atom stereocenters. The van der Waals surface area contributed by atoms with Crippen LogP contribution in [-0.2, 0) is 4.79 Å². The van der Waals surface area contributed by atoms with Gasteiger partial charge in [0.15, 0.2) is 0 Å². The fraction of sp³-hybridized carbons (Fsp3) is 0.100. The highest BCUT2D eigenvalue weighted by Crippen LogP contribution is 2.39. The van der Waals surface area contributed by atoms with E-state index in [0.717, 1.165) is 32.5 Å². The van der Waals surface area contributed by atoms with Crippen molar-refractivity contribution in [1.29, 1.82) is 0 Å². The minimum Gasteiger partial charge on any atom is -0.490 e. The number of aliphatic hydroxyl groups is 1. The average Bonchev–Trinajstić information content (AvgIpc) is 3.26. The number of aliphatic hydroxyl groups excluding tert-OH is 1. The van der Waals surface area contributed by atoms with Gasteiger partial charge in [-0.25, -0.2) is 0 Å². The zero-order valence-electron chi connectivity index (χ0n) is 14.1. The number of fused-ring (bicyclic) bond motifs is 1. The second-order valence-corrected chi connectivity index (χ2v) is 8.49. The molecule has 1 aromatic heterocycles. The molecule has 1 aliphatic rings. The SMILES string of the molecule is O=C1NC(=S)SC1=Cc1cc(-c2ccc3ccccc3c2OCCO)cs1. The molecule has 0 spiro atoms. The van der Waals surface area contributed by atoms with Crippen molar-refractivity contribution in [1.82, 2.24) is 5.32 Å². The van der Waals surface area contributed by atoms with Gasteiger partial charge >= 0.3 is 0 Å². The van der Waals surface area contributed by atoms with E-state index in [2.05, 4.69) is 11.4 Å². The Hall–Kier alpha value is -2.19. The van der Waals surface area contributed by atoms with E-state index in [-0.39, 0.29) is 19.1 Å².